The van der Waals surface area contributed by atoms with Gasteiger partial charge in [-0.25, -0.2) is 4.39 Å². The molecule has 5 heteroatoms. The number of carbonyl (C=O) groups is 2. The molecule has 20 heavy (non-hydrogen) atoms. The molecule has 0 saturated heterocycles. The Kier molecular flexibility index (Phi) is 6.15. The molecule has 1 rings (SSSR count). The van der Waals surface area contributed by atoms with Crippen molar-refractivity contribution in [1.82, 2.24) is 0 Å². The van der Waals surface area contributed by atoms with Crippen LogP contribution in [0.1, 0.15) is 37.6 Å². The molecule has 1 atom stereocenters. The molecule has 1 aromatic carbocycles. The monoisotopic (exact) mass is 282 g/mol. The standard InChI is InChI=1S/C15H19FO4/c1-4-12(17)14(16)15(18)11-8-7-10(19-5-2)9-13(11)20-6-3/h7-9,14H,4-6H2,1-3H3. The van der Waals surface area contributed by atoms with E-state index in [9.17, 15) is 14.0 Å². The Morgan fingerprint density at radius 3 is 2.35 bits per heavy atom. The second-order valence-electron chi connectivity index (χ2n) is 4.07. The number of benzene rings is 1. The van der Waals surface area contributed by atoms with Crippen LogP contribution in [0.15, 0.2) is 18.2 Å². The smallest absolute Gasteiger partial charge is 0.220 e. The Hall–Kier alpha value is -1.91. The quantitative estimate of drug-likeness (QED) is 0.543. The van der Waals surface area contributed by atoms with Gasteiger partial charge in [-0.05, 0) is 26.0 Å². The third-order valence-electron chi connectivity index (χ3n) is 2.69. The highest BCUT2D eigenvalue weighted by Crippen LogP contribution is 2.27. The highest BCUT2D eigenvalue weighted by Gasteiger charge is 2.28. The average Bonchev–Trinajstić information content (AvgIpc) is 2.46. The number of halogens is 1. The summed E-state index contributed by atoms with van der Waals surface area (Å²) in [5, 5.41) is 0. The molecule has 4 nitrogen and oxygen atoms in total. The van der Waals surface area contributed by atoms with Gasteiger partial charge in [-0.3, -0.25) is 9.59 Å². The van der Waals surface area contributed by atoms with Gasteiger partial charge in [0.05, 0.1) is 18.8 Å². The number of Topliss-reactive ketones (excluding diaryl/α,β-unsaturated/α-hetero) is 2. The van der Waals surface area contributed by atoms with Gasteiger partial charge in [-0.15, -0.1) is 0 Å². The zero-order valence-electron chi connectivity index (χ0n) is 11.9. The van der Waals surface area contributed by atoms with Crippen LogP contribution >= 0.6 is 0 Å². The third kappa shape index (κ3) is 3.79. The van der Waals surface area contributed by atoms with Crippen molar-refractivity contribution in [1.29, 1.82) is 0 Å². The number of alkyl halides is 1. The van der Waals surface area contributed by atoms with Gasteiger partial charge in [0.1, 0.15) is 11.5 Å². The first kappa shape index (κ1) is 16.1. The minimum absolute atomic E-state index is 0.0199. The summed E-state index contributed by atoms with van der Waals surface area (Å²) in [6.45, 7) is 5.90. The first-order chi connectivity index (χ1) is 9.54. The molecule has 110 valence electrons. The van der Waals surface area contributed by atoms with Crippen molar-refractivity contribution in [2.45, 2.75) is 33.4 Å². The minimum Gasteiger partial charge on any atom is -0.494 e. The maximum Gasteiger partial charge on any atom is 0.220 e. The fourth-order valence-corrected chi connectivity index (χ4v) is 1.70. The Labute approximate surface area is 117 Å². The molecule has 0 aliphatic rings. The number of hydrogen-bond donors (Lipinski definition) is 0. The largest absolute Gasteiger partial charge is 0.494 e. The van der Waals surface area contributed by atoms with Crippen LogP contribution in [0.5, 0.6) is 11.5 Å². The molecule has 0 saturated carbocycles. The normalized spacial score (nSPS) is 11.8. The van der Waals surface area contributed by atoms with E-state index in [0.29, 0.717) is 19.0 Å². The summed E-state index contributed by atoms with van der Waals surface area (Å²) >= 11 is 0. The van der Waals surface area contributed by atoms with E-state index in [4.69, 9.17) is 9.47 Å². The van der Waals surface area contributed by atoms with E-state index in [0.717, 1.165) is 0 Å². The van der Waals surface area contributed by atoms with Gasteiger partial charge in [0, 0.05) is 12.5 Å². The Balaban J connectivity index is 3.09. The van der Waals surface area contributed by atoms with Crippen LogP contribution in [0.4, 0.5) is 4.39 Å². The van der Waals surface area contributed by atoms with Crippen molar-refractivity contribution in [3.05, 3.63) is 23.8 Å². The maximum atomic E-state index is 13.8. The predicted molar refractivity (Wildman–Crippen MR) is 73.3 cm³/mol. The van der Waals surface area contributed by atoms with Crippen LogP contribution < -0.4 is 9.47 Å². The number of hydrogen-bond acceptors (Lipinski definition) is 4. The lowest BCUT2D eigenvalue weighted by molar-refractivity contribution is -0.121. The van der Waals surface area contributed by atoms with Crippen molar-refractivity contribution in [2.75, 3.05) is 13.2 Å². The van der Waals surface area contributed by atoms with Gasteiger partial charge in [-0.1, -0.05) is 6.92 Å². The topological polar surface area (TPSA) is 52.6 Å². The summed E-state index contributed by atoms with van der Waals surface area (Å²) in [7, 11) is 0. The molecule has 0 heterocycles. The second kappa shape index (κ2) is 7.62. The number of ketones is 2. The van der Waals surface area contributed by atoms with E-state index in [1.807, 2.05) is 6.92 Å². The summed E-state index contributed by atoms with van der Waals surface area (Å²) in [6, 6.07) is 4.51. The van der Waals surface area contributed by atoms with Crippen LogP contribution in [0.25, 0.3) is 0 Å². The number of carbonyl (C=O) groups excluding carboxylic acids is 2. The van der Waals surface area contributed by atoms with E-state index in [2.05, 4.69) is 0 Å². The molecule has 1 aromatic rings. The molecule has 0 amide bonds. The molecule has 1 unspecified atom stereocenters. The second-order valence-corrected chi connectivity index (χ2v) is 4.07. The number of rotatable bonds is 8. The predicted octanol–water partition coefficient (Wildman–Crippen LogP) is 2.98. The van der Waals surface area contributed by atoms with Gasteiger partial charge >= 0.3 is 0 Å². The summed E-state index contributed by atoms with van der Waals surface area (Å²) in [5.41, 5.74) is 0.0598. The zero-order valence-corrected chi connectivity index (χ0v) is 11.9. The van der Waals surface area contributed by atoms with E-state index in [1.54, 1.807) is 13.0 Å². The molecule has 0 aliphatic carbocycles. The van der Waals surface area contributed by atoms with Crippen LogP contribution in [-0.4, -0.2) is 31.0 Å². The van der Waals surface area contributed by atoms with Gasteiger partial charge in [0.2, 0.25) is 12.0 Å². The van der Waals surface area contributed by atoms with Crippen LogP contribution in [-0.2, 0) is 4.79 Å². The van der Waals surface area contributed by atoms with Crippen molar-refractivity contribution >= 4 is 11.6 Å². The molecular formula is C15H19FO4. The lowest BCUT2D eigenvalue weighted by Gasteiger charge is -2.13. The van der Waals surface area contributed by atoms with E-state index in [1.165, 1.54) is 19.1 Å². The van der Waals surface area contributed by atoms with Crippen LogP contribution in [0.2, 0.25) is 0 Å². The molecule has 0 aliphatic heterocycles. The lowest BCUT2D eigenvalue weighted by atomic mass is 10.0. The number of ether oxygens (including phenoxy) is 2. The van der Waals surface area contributed by atoms with Crippen molar-refractivity contribution < 1.29 is 23.5 Å². The van der Waals surface area contributed by atoms with Crippen molar-refractivity contribution in [3.63, 3.8) is 0 Å². The highest BCUT2D eigenvalue weighted by atomic mass is 19.1. The van der Waals surface area contributed by atoms with Crippen LogP contribution in [0.3, 0.4) is 0 Å². The van der Waals surface area contributed by atoms with E-state index < -0.39 is 17.7 Å². The first-order valence-electron chi connectivity index (χ1n) is 6.65. The van der Waals surface area contributed by atoms with Gasteiger partial charge in [0.15, 0.2) is 5.78 Å². The van der Waals surface area contributed by atoms with Gasteiger partial charge in [-0.2, -0.15) is 0 Å². The Morgan fingerprint density at radius 1 is 1.15 bits per heavy atom. The molecule has 0 bridgehead atoms. The molecule has 0 fully saturated rings. The fraction of sp³-hybridized carbons (Fsp3) is 0.467. The lowest BCUT2D eigenvalue weighted by Crippen LogP contribution is -2.25. The third-order valence-corrected chi connectivity index (χ3v) is 2.69. The molecule has 0 N–H and O–H groups in total. The highest BCUT2D eigenvalue weighted by molar-refractivity contribution is 6.14. The van der Waals surface area contributed by atoms with E-state index in [-0.39, 0.29) is 17.7 Å². The average molecular weight is 282 g/mol. The first-order valence-corrected chi connectivity index (χ1v) is 6.65. The van der Waals surface area contributed by atoms with Gasteiger partial charge < -0.3 is 9.47 Å². The fourth-order valence-electron chi connectivity index (χ4n) is 1.70. The Morgan fingerprint density at radius 2 is 1.80 bits per heavy atom. The van der Waals surface area contributed by atoms with Crippen molar-refractivity contribution in [3.8, 4) is 11.5 Å². The molecular weight excluding hydrogens is 263 g/mol. The summed E-state index contributed by atoms with van der Waals surface area (Å²) in [4.78, 5) is 23.3. The maximum absolute atomic E-state index is 13.8. The summed E-state index contributed by atoms with van der Waals surface area (Å²) in [6.07, 6.45) is -2.16. The molecule has 0 radical (unpaired) electrons. The molecule has 0 aromatic heterocycles. The minimum atomic E-state index is -2.14. The molecule has 0 spiro atoms. The zero-order chi connectivity index (χ0) is 15.1. The van der Waals surface area contributed by atoms with Crippen LogP contribution in [0, 0.1) is 0 Å². The van der Waals surface area contributed by atoms with E-state index >= 15 is 0 Å². The summed E-state index contributed by atoms with van der Waals surface area (Å²) in [5.74, 6) is -0.839. The van der Waals surface area contributed by atoms with Gasteiger partial charge in [0.25, 0.3) is 0 Å². The Bertz CT molecular complexity index is 485. The van der Waals surface area contributed by atoms with Crippen molar-refractivity contribution in [2.24, 2.45) is 0 Å². The summed E-state index contributed by atoms with van der Waals surface area (Å²) < 4.78 is 24.4. The SMILES string of the molecule is CCOc1ccc(C(=O)C(F)C(=O)CC)c(OCC)c1.